The molecule has 1 aliphatic rings. The minimum absolute atomic E-state index is 0.0930. The van der Waals surface area contributed by atoms with Crippen molar-refractivity contribution in [2.75, 3.05) is 11.9 Å². The first kappa shape index (κ1) is 17.6. The van der Waals surface area contributed by atoms with Crippen LogP contribution in [0, 0.1) is 6.92 Å². The Hall–Kier alpha value is -1.75. The number of nitrogens with two attached hydrogens (primary N) is 1. The van der Waals surface area contributed by atoms with Crippen molar-refractivity contribution in [3.8, 4) is 0 Å². The van der Waals surface area contributed by atoms with Gasteiger partial charge in [-0.1, -0.05) is 36.9 Å². The van der Waals surface area contributed by atoms with Crippen LogP contribution in [-0.4, -0.2) is 24.5 Å². The number of hydrogen-bond donors (Lipinski definition) is 3. The normalized spacial score (nSPS) is 16.2. The number of nitrogens with one attached hydrogen (secondary N) is 2. The number of hydrogen-bond acceptors (Lipinski definition) is 2. The summed E-state index contributed by atoms with van der Waals surface area (Å²) < 4.78 is 0. The van der Waals surface area contributed by atoms with Crippen molar-refractivity contribution in [3.05, 3.63) is 28.8 Å². The number of rotatable bonds is 5. The number of carbonyl (C=O) groups is 1. The fraction of sp³-hybridized carbons (Fsp3) is 0.529. The minimum Gasteiger partial charge on any atom is -0.370 e. The van der Waals surface area contributed by atoms with Crippen molar-refractivity contribution in [1.29, 1.82) is 0 Å². The van der Waals surface area contributed by atoms with E-state index in [4.69, 9.17) is 17.3 Å². The van der Waals surface area contributed by atoms with Gasteiger partial charge in [0.1, 0.15) is 0 Å². The van der Waals surface area contributed by atoms with Gasteiger partial charge >= 0.3 is 0 Å². The Morgan fingerprint density at radius 2 is 2.09 bits per heavy atom. The lowest BCUT2D eigenvalue weighted by Gasteiger charge is -2.23. The summed E-state index contributed by atoms with van der Waals surface area (Å²) in [6.07, 6.45) is 6.37. The molecular formula is C17H25ClN4O. The van der Waals surface area contributed by atoms with Crippen LogP contribution in [-0.2, 0) is 4.79 Å². The first-order chi connectivity index (χ1) is 11.1. The van der Waals surface area contributed by atoms with Crippen LogP contribution in [0.4, 0.5) is 5.69 Å². The number of anilines is 1. The van der Waals surface area contributed by atoms with Crippen LogP contribution < -0.4 is 16.4 Å². The highest BCUT2D eigenvalue weighted by Gasteiger charge is 2.13. The van der Waals surface area contributed by atoms with E-state index in [1.165, 1.54) is 19.3 Å². The largest absolute Gasteiger partial charge is 0.370 e. The molecule has 2 rings (SSSR count). The topological polar surface area (TPSA) is 79.5 Å². The lowest BCUT2D eigenvalue weighted by atomic mass is 9.96. The van der Waals surface area contributed by atoms with E-state index >= 15 is 0 Å². The number of aliphatic imine (C=N–C) groups is 1. The molecule has 0 heterocycles. The molecule has 1 aromatic rings. The van der Waals surface area contributed by atoms with Crippen LogP contribution in [0.1, 0.15) is 44.1 Å². The Bertz CT molecular complexity index is 568. The standard InChI is InChI=1S/C17H25ClN4O/c1-12-14(18)8-5-9-15(12)22-16(23)10-11-20-17(19)21-13-6-3-2-4-7-13/h5,8-9,13H,2-4,6-7,10-11H2,1H3,(H,22,23)(H3,19,20,21). The zero-order valence-electron chi connectivity index (χ0n) is 13.6. The summed E-state index contributed by atoms with van der Waals surface area (Å²) in [5.41, 5.74) is 7.48. The molecule has 1 fully saturated rings. The Morgan fingerprint density at radius 1 is 1.35 bits per heavy atom. The maximum Gasteiger partial charge on any atom is 0.226 e. The van der Waals surface area contributed by atoms with Gasteiger partial charge in [0.2, 0.25) is 5.91 Å². The van der Waals surface area contributed by atoms with Gasteiger partial charge in [0, 0.05) is 23.2 Å². The second kappa shape index (κ2) is 8.77. The third-order valence-electron chi connectivity index (χ3n) is 4.12. The van der Waals surface area contributed by atoms with Crippen LogP contribution in [0.15, 0.2) is 23.2 Å². The molecule has 23 heavy (non-hydrogen) atoms. The molecule has 0 unspecified atom stereocenters. The Balaban J connectivity index is 1.75. The van der Waals surface area contributed by atoms with Gasteiger partial charge in [-0.2, -0.15) is 0 Å². The first-order valence-corrected chi connectivity index (χ1v) is 8.55. The molecule has 126 valence electrons. The maximum atomic E-state index is 12.0. The lowest BCUT2D eigenvalue weighted by Crippen LogP contribution is -2.41. The van der Waals surface area contributed by atoms with Crippen LogP contribution in [0.3, 0.4) is 0 Å². The summed E-state index contributed by atoms with van der Waals surface area (Å²) >= 11 is 6.04. The molecule has 0 radical (unpaired) electrons. The molecule has 0 aromatic heterocycles. The highest BCUT2D eigenvalue weighted by molar-refractivity contribution is 6.31. The van der Waals surface area contributed by atoms with Crippen molar-refractivity contribution in [3.63, 3.8) is 0 Å². The van der Waals surface area contributed by atoms with E-state index in [2.05, 4.69) is 15.6 Å². The van der Waals surface area contributed by atoms with Crippen molar-refractivity contribution in [2.45, 2.75) is 51.5 Å². The van der Waals surface area contributed by atoms with E-state index in [-0.39, 0.29) is 5.91 Å². The zero-order valence-corrected chi connectivity index (χ0v) is 14.3. The zero-order chi connectivity index (χ0) is 16.7. The van der Waals surface area contributed by atoms with Crippen molar-refractivity contribution in [1.82, 2.24) is 5.32 Å². The van der Waals surface area contributed by atoms with E-state index in [0.717, 1.165) is 24.1 Å². The molecule has 0 aliphatic heterocycles. The van der Waals surface area contributed by atoms with Crippen molar-refractivity contribution >= 4 is 29.2 Å². The van der Waals surface area contributed by atoms with E-state index in [9.17, 15) is 4.79 Å². The molecule has 1 saturated carbocycles. The SMILES string of the molecule is Cc1c(Cl)cccc1NC(=O)CCN=C(N)NC1CCCCC1. The summed E-state index contributed by atoms with van der Waals surface area (Å²) in [5.74, 6) is 0.341. The van der Waals surface area contributed by atoms with E-state index in [1.807, 2.05) is 19.1 Å². The van der Waals surface area contributed by atoms with Gasteiger partial charge in [-0.3, -0.25) is 9.79 Å². The number of guanidine groups is 1. The predicted molar refractivity (Wildman–Crippen MR) is 95.9 cm³/mol. The summed E-state index contributed by atoms with van der Waals surface area (Å²) in [6.45, 7) is 2.25. The average Bonchev–Trinajstić information content (AvgIpc) is 2.53. The van der Waals surface area contributed by atoms with Gasteiger partial charge in [0.25, 0.3) is 0 Å². The molecule has 1 aliphatic carbocycles. The highest BCUT2D eigenvalue weighted by atomic mass is 35.5. The van der Waals surface area contributed by atoms with Crippen LogP contribution in [0.5, 0.6) is 0 Å². The molecule has 4 N–H and O–H groups in total. The van der Waals surface area contributed by atoms with Gasteiger partial charge in [-0.05, 0) is 37.5 Å². The van der Waals surface area contributed by atoms with Gasteiger partial charge < -0.3 is 16.4 Å². The lowest BCUT2D eigenvalue weighted by molar-refractivity contribution is -0.116. The van der Waals surface area contributed by atoms with Crippen molar-refractivity contribution in [2.24, 2.45) is 10.7 Å². The van der Waals surface area contributed by atoms with Gasteiger partial charge in [0.05, 0.1) is 6.54 Å². The molecule has 0 spiro atoms. The maximum absolute atomic E-state index is 12.0. The third kappa shape index (κ3) is 5.75. The fourth-order valence-corrected chi connectivity index (χ4v) is 2.91. The predicted octanol–water partition coefficient (Wildman–Crippen LogP) is 3.21. The monoisotopic (exact) mass is 336 g/mol. The van der Waals surface area contributed by atoms with Crippen LogP contribution in [0.25, 0.3) is 0 Å². The molecule has 1 aromatic carbocycles. The molecule has 5 nitrogen and oxygen atoms in total. The summed E-state index contributed by atoms with van der Waals surface area (Å²) in [6, 6.07) is 5.88. The number of halogens is 1. The molecule has 0 bridgehead atoms. The molecule has 1 amide bonds. The molecule has 0 saturated heterocycles. The third-order valence-corrected chi connectivity index (χ3v) is 4.53. The number of nitrogens with zero attached hydrogens (tertiary/aromatic N) is 1. The summed E-state index contributed by atoms with van der Waals surface area (Å²) in [7, 11) is 0. The number of carbonyl (C=O) groups excluding carboxylic acids is 1. The van der Waals surface area contributed by atoms with E-state index in [1.54, 1.807) is 6.07 Å². The first-order valence-electron chi connectivity index (χ1n) is 8.17. The molecule has 6 heteroatoms. The molecule has 0 atom stereocenters. The highest BCUT2D eigenvalue weighted by Crippen LogP contribution is 2.23. The summed E-state index contributed by atoms with van der Waals surface area (Å²) in [4.78, 5) is 16.2. The second-order valence-corrected chi connectivity index (χ2v) is 6.36. The quantitative estimate of drug-likeness (QED) is 0.570. The average molecular weight is 337 g/mol. The second-order valence-electron chi connectivity index (χ2n) is 5.96. The Labute approximate surface area is 142 Å². The molecular weight excluding hydrogens is 312 g/mol. The van der Waals surface area contributed by atoms with Crippen molar-refractivity contribution < 1.29 is 4.79 Å². The van der Waals surface area contributed by atoms with Crippen LogP contribution >= 0.6 is 11.6 Å². The summed E-state index contributed by atoms with van der Waals surface area (Å²) in [5, 5.41) is 6.73. The number of amides is 1. The number of benzene rings is 1. The van der Waals surface area contributed by atoms with Gasteiger partial charge in [0.15, 0.2) is 5.96 Å². The minimum atomic E-state index is -0.0930. The van der Waals surface area contributed by atoms with Crippen LogP contribution in [0.2, 0.25) is 5.02 Å². The van der Waals surface area contributed by atoms with E-state index < -0.39 is 0 Å². The fourth-order valence-electron chi connectivity index (χ4n) is 2.74. The Morgan fingerprint density at radius 3 is 2.83 bits per heavy atom. The smallest absolute Gasteiger partial charge is 0.226 e. The van der Waals surface area contributed by atoms with Gasteiger partial charge in [-0.15, -0.1) is 0 Å². The Kier molecular flexibility index (Phi) is 6.71. The van der Waals surface area contributed by atoms with Gasteiger partial charge in [-0.25, -0.2) is 0 Å². The van der Waals surface area contributed by atoms with E-state index in [0.29, 0.717) is 30.0 Å².